The molecule has 0 fully saturated rings. The van der Waals surface area contributed by atoms with Gasteiger partial charge in [0.05, 0.1) is 7.11 Å². The summed E-state index contributed by atoms with van der Waals surface area (Å²) in [5, 5.41) is 7.31. The minimum absolute atomic E-state index is 0.206. The quantitative estimate of drug-likeness (QED) is 0.757. The molecule has 3 aromatic rings. The third-order valence-electron chi connectivity index (χ3n) is 3.59. The Bertz CT molecular complexity index is 901. The van der Waals surface area contributed by atoms with Gasteiger partial charge in [0.15, 0.2) is 0 Å². The SMILES string of the molecule is COC(=O)Nc1cccc(NC(=O)c2cccc3ccccc23)c1. The van der Waals surface area contributed by atoms with Crippen LogP contribution in [0.4, 0.5) is 16.2 Å². The van der Waals surface area contributed by atoms with Gasteiger partial charge in [-0.1, -0.05) is 42.5 Å². The molecule has 0 heterocycles. The van der Waals surface area contributed by atoms with E-state index in [0.717, 1.165) is 10.8 Å². The lowest BCUT2D eigenvalue weighted by Crippen LogP contribution is -2.14. The summed E-state index contributed by atoms with van der Waals surface area (Å²) in [6, 6.07) is 20.2. The first-order valence-electron chi connectivity index (χ1n) is 7.41. The summed E-state index contributed by atoms with van der Waals surface area (Å²) in [5.41, 5.74) is 1.72. The van der Waals surface area contributed by atoms with Gasteiger partial charge in [0.1, 0.15) is 0 Å². The number of anilines is 2. The van der Waals surface area contributed by atoms with Crippen LogP contribution in [0.3, 0.4) is 0 Å². The molecule has 0 spiro atoms. The van der Waals surface area contributed by atoms with Crippen molar-refractivity contribution in [2.24, 2.45) is 0 Å². The predicted octanol–water partition coefficient (Wildman–Crippen LogP) is 4.27. The van der Waals surface area contributed by atoms with Crippen molar-refractivity contribution >= 4 is 34.1 Å². The van der Waals surface area contributed by atoms with Crippen LogP contribution in [-0.2, 0) is 4.74 Å². The fraction of sp³-hybridized carbons (Fsp3) is 0.0526. The van der Waals surface area contributed by atoms with Crippen molar-refractivity contribution in [2.75, 3.05) is 17.7 Å². The van der Waals surface area contributed by atoms with E-state index in [9.17, 15) is 9.59 Å². The van der Waals surface area contributed by atoms with Crippen LogP contribution in [0.5, 0.6) is 0 Å². The molecule has 2 N–H and O–H groups in total. The first kappa shape index (κ1) is 15.6. The van der Waals surface area contributed by atoms with Crippen LogP contribution >= 0.6 is 0 Å². The van der Waals surface area contributed by atoms with Gasteiger partial charge in [0.2, 0.25) is 0 Å². The molecule has 0 saturated heterocycles. The molecule has 0 aromatic heterocycles. The van der Waals surface area contributed by atoms with Gasteiger partial charge in [0.25, 0.3) is 5.91 Å². The summed E-state index contributed by atoms with van der Waals surface area (Å²) in [4.78, 5) is 23.9. The Morgan fingerprint density at radius 1 is 0.833 bits per heavy atom. The molecule has 24 heavy (non-hydrogen) atoms. The third kappa shape index (κ3) is 3.35. The minimum Gasteiger partial charge on any atom is -0.453 e. The average Bonchev–Trinajstić information content (AvgIpc) is 2.61. The molecule has 3 aromatic carbocycles. The minimum atomic E-state index is -0.562. The van der Waals surface area contributed by atoms with Crippen LogP contribution in [-0.4, -0.2) is 19.1 Å². The highest BCUT2D eigenvalue weighted by Gasteiger charge is 2.10. The number of hydrogen-bond acceptors (Lipinski definition) is 3. The molecule has 2 amide bonds. The molecule has 0 aliphatic carbocycles. The summed E-state index contributed by atoms with van der Waals surface area (Å²) >= 11 is 0. The highest BCUT2D eigenvalue weighted by molar-refractivity contribution is 6.13. The van der Waals surface area contributed by atoms with Crippen LogP contribution in [0.2, 0.25) is 0 Å². The third-order valence-corrected chi connectivity index (χ3v) is 3.59. The summed E-state index contributed by atoms with van der Waals surface area (Å²) in [6.45, 7) is 0. The second-order valence-electron chi connectivity index (χ2n) is 5.18. The zero-order chi connectivity index (χ0) is 16.9. The number of rotatable bonds is 3. The number of amides is 2. The normalized spacial score (nSPS) is 10.2. The zero-order valence-electron chi connectivity index (χ0n) is 13.1. The molecule has 0 aliphatic rings. The van der Waals surface area contributed by atoms with E-state index in [1.165, 1.54) is 7.11 Å². The second-order valence-corrected chi connectivity index (χ2v) is 5.18. The predicted molar refractivity (Wildman–Crippen MR) is 94.4 cm³/mol. The molecular weight excluding hydrogens is 304 g/mol. The second kappa shape index (κ2) is 6.83. The number of carbonyl (C=O) groups excluding carboxylic acids is 2. The number of hydrogen-bond donors (Lipinski definition) is 2. The number of nitrogens with one attached hydrogen (secondary N) is 2. The molecule has 120 valence electrons. The summed E-state index contributed by atoms with van der Waals surface area (Å²) in [7, 11) is 1.29. The van der Waals surface area contributed by atoms with Crippen LogP contribution < -0.4 is 10.6 Å². The Morgan fingerprint density at radius 2 is 1.50 bits per heavy atom. The topological polar surface area (TPSA) is 67.4 Å². The maximum absolute atomic E-state index is 12.6. The van der Waals surface area contributed by atoms with Gasteiger partial charge in [-0.3, -0.25) is 10.1 Å². The Hall–Kier alpha value is -3.34. The highest BCUT2D eigenvalue weighted by Crippen LogP contribution is 2.21. The first-order valence-corrected chi connectivity index (χ1v) is 7.41. The molecule has 5 nitrogen and oxygen atoms in total. The first-order chi connectivity index (χ1) is 11.7. The number of methoxy groups -OCH3 is 1. The lowest BCUT2D eigenvalue weighted by atomic mass is 10.0. The van der Waals surface area contributed by atoms with Crippen LogP contribution in [0.1, 0.15) is 10.4 Å². The summed E-state index contributed by atoms with van der Waals surface area (Å²) in [5.74, 6) is -0.206. The molecule has 3 rings (SSSR count). The average molecular weight is 320 g/mol. The van der Waals surface area contributed by atoms with Gasteiger partial charge < -0.3 is 10.1 Å². The van der Waals surface area contributed by atoms with Crippen molar-refractivity contribution in [1.29, 1.82) is 0 Å². The Morgan fingerprint density at radius 3 is 2.29 bits per heavy atom. The molecule has 0 aliphatic heterocycles. The lowest BCUT2D eigenvalue weighted by molar-refractivity contribution is 0.102. The fourth-order valence-electron chi connectivity index (χ4n) is 2.47. The van der Waals surface area contributed by atoms with E-state index < -0.39 is 6.09 Å². The Kier molecular flexibility index (Phi) is 4.43. The van der Waals surface area contributed by atoms with Gasteiger partial charge in [-0.05, 0) is 35.0 Å². The number of carbonyl (C=O) groups is 2. The van der Waals surface area contributed by atoms with Crippen LogP contribution in [0.25, 0.3) is 10.8 Å². The smallest absolute Gasteiger partial charge is 0.411 e. The molecular formula is C19H16N2O3. The van der Waals surface area contributed by atoms with Crippen LogP contribution in [0.15, 0.2) is 66.7 Å². The van der Waals surface area contributed by atoms with Gasteiger partial charge in [-0.25, -0.2) is 4.79 Å². The van der Waals surface area contributed by atoms with E-state index >= 15 is 0 Å². The molecule has 0 atom stereocenters. The van der Waals surface area contributed by atoms with Crippen molar-refractivity contribution in [1.82, 2.24) is 0 Å². The van der Waals surface area contributed by atoms with Crippen molar-refractivity contribution in [3.63, 3.8) is 0 Å². The van der Waals surface area contributed by atoms with E-state index in [0.29, 0.717) is 16.9 Å². The zero-order valence-corrected chi connectivity index (χ0v) is 13.1. The monoisotopic (exact) mass is 320 g/mol. The number of fused-ring (bicyclic) bond motifs is 1. The van der Waals surface area contributed by atoms with Crippen LogP contribution in [0, 0.1) is 0 Å². The Labute approximate surface area is 139 Å². The van der Waals surface area contributed by atoms with Gasteiger partial charge >= 0.3 is 6.09 Å². The maximum atomic E-state index is 12.6. The largest absolute Gasteiger partial charge is 0.453 e. The molecule has 0 saturated carbocycles. The van der Waals surface area contributed by atoms with Crippen molar-refractivity contribution in [2.45, 2.75) is 0 Å². The number of ether oxygens (including phenoxy) is 1. The molecule has 0 unspecified atom stereocenters. The van der Waals surface area contributed by atoms with Crippen molar-refractivity contribution < 1.29 is 14.3 Å². The molecule has 0 radical (unpaired) electrons. The molecule has 0 bridgehead atoms. The van der Waals surface area contributed by atoms with Crippen molar-refractivity contribution in [3.05, 3.63) is 72.3 Å². The van der Waals surface area contributed by atoms with Crippen molar-refractivity contribution in [3.8, 4) is 0 Å². The van der Waals surface area contributed by atoms with E-state index in [2.05, 4.69) is 15.4 Å². The van der Waals surface area contributed by atoms with Gasteiger partial charge in [0, 0.05) is 16.9 Å². The standard InChI is InChI=1S/C19H16N2O3/c1-24-19(23)21-15-9-5-8-14(12-15)20-18(22)17-11-4-7-13-6-2-3-10-16(13)17/h2-12H,1H3,(H,20,22)(H,21,23). The number of benzene rings is 3. The summed E-state index contributed by atoms with van der Waals surface area (Å²) in [6.07, 6.45) is -0.562. The van der Waals surface area contributed by atoms with E-state index in [1.807, 2.05) is 36.4 Å². The Balaban J connectivity index is 1.84. The van der Waals surface area contributed by atoms with Gasteiger partial charge in [-0.2, -0.15) is 0 Å². The lowest BCUT2D eigenvalue weighted by Gasteiger charge is -2.10. The van der Waals surface area contributed by atoms with E-state index in [-0.39, 0.29) is 5.91 Å². The van der Waals surface area contributed by atoms with Gasteiger partial charge in [-0.15, -0.1) is 0 Å². The van der Waals surface area contributed by atoms with E-state index in [4.69, 9.17) is 0 Å². The summed E-state index contributed by atoms with van der Waals surface area (Å²) < 4.78 is 4.56. The van der Waals surface area contributed by atoms with E-state index in [1.54, 1.807) is 30.3 Å². The fourth-order valence-corrected chi connectivity index (χ4v) is 2.47. The highest BCUT2D eigenvalue weighted by atomic mass is 16.5. The maximum Gasteiger partial charge on any atom is 0.411 e. The molecule has 5 heteroatoms.